The Balaban J connectivity index is 1.98. The van der Waals surface area contributed by atoms with Gasteiger partial charge in [-0.3, -0.25) is 19.7 Å². The minimum atomic E-state index is -0.922. The van der Waals surface area contributed by atoms with E-state index in [1.54, 1.807) is 0 Å². The monoisotopic (exact) mass is 370 g/mol. The molecule has 2 aromatic rings. The van der Waals surface area contributed by atoms with Crippen molar-refractivity contribution in [1.82, 2.24) is 5.32 Å². The molecule has 0 saturated carbocycles. The summed E-state index contributed by atoms with van der Waals surface area (Å²) < 4.78 is 5.03. The molecule has 27 heavy (non-hydrogen) atoms. The molecule has 0 spiro atoms. The summed E-state index contributed by atoms with van der Waals surface area (Å²) >= 11 is 0. The van der Waals surface area contributed by atoms with Crippen molar-refractivity contribution in [3.8, 4) is 0 Å². The van der Waals surface area contributed by atoms with Crippen LogP contribution in [0.15, 0.2) is 54.6 Å². The number of Topliss-reactive ketones (excluding diaryl/α,β-unsaturated/α-hetero) is 1. The number of esters is 1. The second-order valence-electron chi connectivity index (χ2n) is 5.78. The van der Waals surface area contributed by atoms with Crippen molar-refractivity contribution in [1.29, 1.82) is 0 Å². The average molecular weight is 370 g/mol. The Morgan fingerprint density at radius 3 is 2.26 bits per heavy atom. The zero-order valence-corrected chi connectivity index (χ0v) is 14.6. The molecular formula is C19H18N2O6. The fourth-order valence-corrected chi connectivity index (χ4v) is 2.38. The van der Waals surface area contributed by atoms with Gasteiger partial charge >= 0.3 is 5.97 Å². The summed E-state index contributed by atoms with van der Waals surface area (Å²) in [4.78, 5) is 45.8. The lowest BCUT2D eigenvalue weighted by atomic mass is 10.1. The van der Waals surface area contributed by atoms with Crippen LogP contribution < -0.4 is 5.32 Å². The Morgan fingerprint density at radius 2 is 1.70 bits per heavy atom. The molecule has 2 rings (SSSR count). The molecule has 0 saturated heterocycles. The normalized spacial score (nSPS) is 11.3. The number of carbonyl (C=O) groups excluding carboxylic acids is 3. The van der Waals surface area contributed by atoms with E-state index in [1.807, 2.05) is 30.3 Å². The molecule has 0 aliphatic rings. The van der Waals surface area contributed by atoms with E-state index in [2.05, 4.69) is 5.32 Å². The largest absolute Gasteiger partial charge is 0.456 e. The van der Waals surface area contributed by atoms with Crippen molar-refractivity contribution < 1.29 is 24.0 Å². The molecule has 1 N–H and O–H groups in total. The fraction of sp³-hybridized carbons (Fsp3) is 0.211. The SMILES string of the molecule is CC(=O)NC(Cc1ccccc1)C(=O)OCC(=O)c1ccc([N+](=O)[O-])cc1. The Kier molecular flexibility index (Phi) is 6.76. The lowest BCUT2D eigenvalue weighted by Gasteiger charge is -2.16. The average Bonchev–Trinajstić information content (AvgIpc) is 2.65. The highest BCUT2D eigenvalue weighted by atomic mass is 16.6. The minimum absolute atomic E-state index is 0.142. The van der Waals surface area contributed by atoms with Gasteiger partial charge in [-0.15, -0.1) is 0 Å². The number of nitrogens with zero attached hydrogens (tertiary/aromatic N) is 1. The van der Waals surface area contributed by atoms with Crippen LogP contribution in [0, 0.1) is 10.1 Å². The van der Waals surface area contributed by atoms with Crippen LogP contribution in [0.25, 0.3) is 0 Å². The van der Waals surface area contributed by atoms with Gasteiger partial charge in [-0.2, -0.15) is 0 Å². The molecule has 1 amide bonds. The third-order valence-electron chi connectivity index (χ3n) is 3.69. The smallest absolute Gasteiger partial charge is 0.329 e. The van der Waals surface area contributed by atoms with Gasteiger partial charge in [-0.25, -0.2) is 4.79 Å². The zero-order valence-electron chi connectivity index (χ0n) is 14.6. The number of rotatable bonds is 8. The van der Waals surface area contributed by atoms with Gasteiger partial charge in [0.1, 0.15) is 6.04 Å². The summed E-state index contributed by atoms with van der Waals surface area (Å²) in [6.45, 7) is 0.759. The van der Waals surface area contributed by atoms with Gasteiger partial charge in [0.25, 0.3) is 5.69 Å². The number of nitrogens with one attached hydrogen (secondary N) is 1. The van der Waals surface area contributed by atoms with Crippen LogP contribution in [0.4, 0.5) is 5.69 Å². The van der Waals surface area contributed by atoms with E-state index in [4.69, 9.17) is 4.74 Å². The summed E-state index contributed by atoms with van der Waals surface area (Å²) in [6.07, 6.45) is 0.227. The van der Waals surface area contributed by atoms with Gasteiger partial charge < -0.3 is 10.1 Å². The molecule has 0 aromatic heterocycles. The summed E-state index contributed by atoms with van der Waals surface area (Å²) in [5, 5.41) is 13.1. The van der Waals surface area contributed by atoms with Crippen molar-refractivity contribution in [2.45, 2.75) is 19.4 Å². The first-order valence-electron chi connectivity index (χ1n) is 8.12. The summed E-state index contributed by atoms with van der Waals surface area (Å²) in [7, 11) is 0. The molecule has 2 aromatic carbocycles. The van der Waals surface area contributed by atoms with Gasteiger partial charge in [0.2, 0.25) is 5.91 Å². The zero-order chi connectivity index (χ0) is 19.8. The van der Waals surface area contributed by atoms with Crippen molar-refractivity contribution >= 4 is 23.3 Å². The van der Waals surface area contributed by atoms with E-state index in [0.717, 1.165) is 5.56 Å². The summed E-state index contributed by atoms with van der Waals surface area (Å²) in [6, 6.07) is 13.1. The molecule has 1 unspecified atom stereocenters. The summed E-state index contributed by atoms with van der Waals surface area (Å²) in [5.74, 6) is -1.63. The molecule has 0 aliphatic heterocycles. The number of benzene rings is 2. The maximum Gasteiger partial charge on any atom is 0.329 e. The maximum atomic E-state index is 12.3. The minimum Gasteiger partial charge on any atom is -0.456 e. The molecule has 0 heterocycles. The Labute approximate surface area is 155 Å². The number of hydrogen-bond acceptors (Lipinski definition) is 6. The first kappa shape index (κ1) is 19.8. The molecule has 0 aliphatic carbocycles. The standard InChI is InChI=1S/C19H18N2O6/c1-13(22)20-17(11-14-5-3-2-4-6-14)19(24)27-12-18(23)15-7-9-16(10-8-15)21(25)26/h2-10,17H,11-12H2,1H3,(H,20,22). The lowest BCUT2D eigenvalue weighted by molar-refractivity contribution is -0.384. The first-order valence-corrected chi connectivity index (χ1v) is 8.12. The lowest BCUT2D eigenvalue weighted by Crippen LogP contribution is -2.42. The number of ketones is 1. The van der Waals surface area contributed by atoms with Gasteiger partial charge in [0.05, 0.1) is 4.92 Å². The van der Waals surface area contributed by atoms with Crippen LogP contribution in [0.3, 0.4) is 0 Å². The van der Waals surface area contributed by atoms with E-state index in [1.165, 1.54) is 31.2 Å². The van der Waals surface area contributed by atoms with E-state index in [-0.39, 0.29) is 17.7 Å². The second kappa shape index (κ2) is 9.23. The summed E-state index contributed by atoms with van der Waals surface area (Å²) in [5.41, 5.74) is 0.875. The molecule has 0 bridgehead atoms. The third-order valence-corrected chi connectivity index (χ3v) is 3.69. The van der Waals surface area contributed by atoms with Crippen molar-refractivity contribution in [2.75, 3.05) is 6.61 Å². The Bertz CT molecular complexity index is 833. The van der Waals surface area contributed by atoms with E-state index < -0.39 is 35.2 Å². The molecule has 1 atom stereocenters. The van der Waals surface area contributed by atoms with Crippen molar-refractivity contribution in [2.24, 2.45) is 0 Å². The van der Waals surface area contributed by atoms with Crippen molar-refractivity contribution in [3.63, 3.8) is 0 Å². The predicted molar refractivity (Wildman–Crippen MR) is 96.1 cm³/mol. The van der Waals surface area contributed by atoms with Crippen molar-refractivity contribution in [3.05, 3.63) is 75.8 Å². The van der Waals surface area contributed by atoms with Crippen LogP contribution in [0.1, 0.15) is 22.8 Å². The van der Waals surface area contributed by atoms with Crippen LogP contribution in [0.5, 0.6) is 0 Å². The van der Waals surface area contributed by atoms with Crippen LogP contribution in [-0.2, 0) is 20.7 Å². The van der Waals surface area contributed by atoms with Gasteiger partial charge in [-0.05, 0) is 17.7 Å². The van der Waals surface area contributed by atoms with Gasteiger partial charge in [-0.1, -0.05) is 30.3 Å². The molecule has 8 heteroatoms. The number of hydrogen-bond donors (Lipinski definition) is 1. The number of nitro groups is 1. The molecule has 0 radical (unpaired) electrons. The maximum absolute atomic E-state index is 12.3. The highest BCUT2D eigenvalue weighted by molar-refractivity contribution is 5.98. The fourth-order valence-electron chi connectivity index (χ4n) is 2.38. The molecule has 140 valence electrons. The number of amides is 1. The Morgan fingerprint density at radius 1 is 1.07 bits per heavy atom. The molecular weight excluding hydrogens is 352 g/mol. The number of non-ortho nitro benzene ring substituents is 1. The van der Waals surface area contributed by atoms with Crippen LogP contribution >= 0.6 is 0 Å². The van der Waals surface area contributed by atoms with Gasteiger partial charge in [0.15, 0.2) is 12.4 Å². The van der Waals surface area contributed by atoms with Crippen LogP contribution in [0.2, 0.25) is 0 Å². The number of carbonyl (C=O) groups is 3. The number of nitro benzene ring substituents is 1. The third kappa shape index (κ3) is 6.03. The van der Waals surface area contributed by atoms with E-state index in [0.29, 0.717) is 0 Å². The second-order valence-corrected chi connectivity index (χ2v) is 5.78. The predicted octanol–water partition coefficient (Wildman–Crippen LogP) is 2.07. The van der Waals surface area contributed by atoms with E-state index in [9.17, 15) is 24.5 Å². The van der Waals surface area contributed by atoms with Gasteiger partial charge in [0, 0.05) is 31.0 Å². The topological polar surface area (TPSA) is 116 Å². The Hall–Kier alpha value is -3.55. The number of ether oxygens (including phenoxy) is 1. The first-order chi connectivity index (χ1) is 12.9. The highest BCUT2D eigenvalue weighted by Gasteiger charge is 2.22. The highest BCUT2D eigenvalue weighted by Crippen LogP contribution is 2.12. The molecule has 8 nitrogen and oxygen atoms in total. The quantitative estimate of drug-likeness (QED) is 0.329. The molecule has 0 fully saturated rings. The van der Waals surface area contributed by atoms with E-state index >= 15 is 0 Å². The van der Waals surface area contributed by atoms with Crippen LogP contribution in [-0.4, -0.2) is 35.2 Å².